The van der Waals surface area contributed by atoms with Crippen LogP contribution in [0.25, 0.3) is 0 Å². The molecule has 0 aliphatic heterocycles. The molecule has 0 amide bonds. The molecule has 0 radical (unpaired) electrons. The van der Waals surface area contributed by atoms with Gasteiger partial charge >= 0.3 is 0 Å². The largest absolute Gasteiger partial charge is 0.491 e. The van der Waals surface area contributed by atoms with Crippen LogP contribution in [-0.4, -0.2) is 45.3 Å². The maximum Gasteiger partial charge on any atom is 0.192 e. The molecule has 0 saturated carbocycles. The second-order valence-electron chi connectivity index (χ2n) is 7.80. The first-order chi connectivity index (χ1) is 11.0. The van der Waals surface area contributed by atoms with Crippen molar-refractivity contribution in [2.75, 3.05) is 19.8 Å². The van der Waals surface area contributed by atoms with Gasteiger partial charge in [-0.25, -0.2) is 0 Å². The van der Waals surface area contributed by atoms with Crippen molar-refractivity contribution < 1.29 is 14.3 Å². The summed E-state index contributed by atoms with van der Waals surface area (Å²) in [7, 11) is -1.73. The molecule has 2 N–H and O–H groups in total. The van der Waals surface area contributed by atoms with Crippen molar-refractivity contribution in [3.63, 3.8) is 0 Å². The van der Waals surface area contributed by atoms with E-state index in [-0.39, 0.29) is 17.7 Å². The Kier molecular flexibility index (Phi) is 8.22. The fourth-order valence-electron chi connectivity index (χ4n) is 1.75. The van der Waals surface area contributed by atoms with Gasteiger partial charge in [-0.2, -0.15) is 0 Å². The zero-order valence-electron chi connectivity index (χ0n) is 15.7. The lowest BCUT2D eigenvalue weighted by atomic mass is 10.2. The lowest BCUT2D eigenvalue weighted by Crippen LogP contribution is -2.45. The van der Waals surface area contributed by atoms with E-state index >= 15 is 0 Å². The minimum Gasteiger partial charge on any atom is -0.491 e. The minimum atomic E-state index is -1.73. The Morgan fingerprint density at radius 1 is 1.25 bits per heavy atom. The van der Waals surface area contributed by atoms with Gasteiger partial charge in [0.1, 0.15) is 18.5 Å². The fourth-order valence-corrected chi connectivity index (χ4v) is 3.03. The number of hydrogen-bond donors (Lipinski definition) is 2. The summed E-state index contributed by atoms with van der Waals surface area (Å²) in [4.78, 5) is 0. The SMILES string of the molecule is CC(CO[Si](C)(C)C(C)(C)C)NCC(O)COc1cccc(Cl)c1. The van der Waals surface area contributed by atoms with Crippen LogP contribution in [0.15, 0.2) is 24.3 Å². The zero-order chi connectivity index (χ0) is 18.4. The molecule has 0 heterocycles. The van der Waals surface area contributed by atoms with E-state index in [1.54, 1.807) is 12.1 Å². The molecule has 4 nitrogen and oxygen atoms in total. The smallest absolute Gasteiger partial charge is 0.192 e. The summed E-state index contributed by atoms with van der Waals surface area (Å²) < 4.78 is 11.7. The van der Waals surface area contributed by atoms with Crippen molar-refractivity contribution in [3.05, 3.63) is 29.3 Å². The number of halogens is 1. The van der Waals surface area contributed by atoms with Crippen LogP contribution in [-0.2, 0) is 4.43 Å². The number of benzene rings is 1. The third kappa shape index (κ3) is 7.53. The summed E-state index contributed by atoms with van der Waals surface area (Å²) >= 11 is 5.90. The molecule has 0 aromatic heterocycles. The Bertz CT molecular complexity index is 505. The molecular weight excluding hydrogens is 342 g/mol. The molecule has 1 rings (SSSR count). The van der Waals surface area contributed by atoms with Crippen LogP contribution < -0.4 is 10.1 Å². The molecule has 0 bridgehead atoms. The summed E-state index contributed by atoms with van der Waals surface area (Å²) in [6, 6.07) is 7.35. The zero-order valence-corrected chi connectivity index (χ0v) is 17.5. The van der Waals surface area contributed by atoms with Crippen molar-refractivity contribution >= 4 is 19.9 Å². The molecule has 0 spiro atoms. The van der Waals surface area contributed by atoms with Crippen LogP contribution in [0.5, 0.6) is 5.75 Å². The molecule has 0 fully saturated rings. The molecule has 0 aliphatic rings. The highest BCUT2D eigenvalue weighted by Crippen LogP contribution is 2.36. The van der Waals surface area contributed by atoms with E-state index in [9.17, 15) is 5.11 Å². The van der Waals surface area contributed by atoms with Gasteiger partial charge in [0.2, 0.25) is 0 Å². The topological polar surface area (TPSA) is 50.7 Å². The van der Waals surface area contributed by atoms with E-state index in [1.807, 2.05) is 12.1 Å². The maximum absolute atomic E-state index is 10.0. The Morgan fingerprint density at radius 2 is 1.92 bits per heavy atom. The van der Waals surface area contributed by atoms with Crippen molar-refractivity contribution in [3.8, 4) is 5.75 Å². The first-order valence-corrected chi connectivity index (χ1v) is 11.7. The van der Waals surface area contributed by atoms with E-state index in [0.717, 1.165) is 0 Å². The van der Waals surface area contributed by atoms with Crippen molar-refractivity contribution in [1.29, 1.82) is 0 Å². The standard InChI is InChI=1S/C18H32ClNO3Si/c1-14(12-23-24(5,6)18(2,3)4)20-11-16(21)13-22-17-9-7-8-15(19)10-17/h7-10,14,16,20-21H,11-13H2,1-6H3. The van der Waals surface area contributed by atoms with E-state index < -0.39 is 14.4 Å². The molecule has 2 unspecified atom stereocenters. The summed E-state index contributed by atoms with van der Waals surface area (Å²) in [6.45, 7) is 14.6. The third-order valence-corrected chi connectivity index (χ3v) is 9.18. The normalized spacial score (nSPS) is 15.2. The fraction of sp³-hybridized carbons (Fsp3) is 0.667. The predicted octanol–water partition coefficient (Wildman–Crippen LogP) is 4.08. The number of rotatable bonds is 9. The highest BCUT2D eigenvalue weighted by atomic mass is 35.5. The molecule has 0 aliphatic carbocycles. The third-order valence-electron chi connectivity index (χ3n) is 4.44. The van der Waals surface area contributed by atoms with E-state index in [1.165, 1.54) is 0 Å². The van der Waals surface area contributed by atoms with Gasteiger partial charge in [-0.05, 0) is 43.3 Å². The summed E-state index contributed by atoms with van der Waals surface area (Å²) in [5, 5.41) is 14.2. The average Bonchev–Trinajstić information content (AvgIpc) is 2.48. The Morgan fingerprint density at radius 3 is 2.50 bits per heavy atom. The van der Waals surface area contributed by atoms with Gasteiger partial charge in [-0.3, -0.25) is 0 Å². The molecule has 6 heteroatoms. The average molecular weight is 374 g/mol. The van der Waals surface area contributed by atoms with Crippen LogP contribution in [0.3, 0.4) is 0 Å². The molecule has 2 atom stereocenters. The Hall–Kier alpha value is -0.593. The van der Waals surface area contributed by atoms with Gasteiger partial charge in [0.15, 0.2) is 8.32 Å². The number of ether oxygens (including phenoxy) is 1. The minimum absolute atomic E-state index is 0.181. The molecule has 24 heavy (non-hydrogen) atoms. The summed E-state index contributed by atoms with van der Waals surface area (Å²) in [5.74, 6) is 0.663. The van der Waals surface area contributed by atoms with Crippen LogP contribution >= 0.6 is 11.6 Å². The number of aliphatic hydroxyl groups excluding tert-OH is 1. The van der Waals surface area contributed by atoms with Crippen LogP contribution in [0.1, 0.15) is 27.7 Å². The van der Waals surface area contributed by atoms with Gasteiger partial charge in [0, 0.05) is 24.2 Å². The van der Waals surface area contributed by atoms with Crippen molar-refractivity contribution in [2.45, 2.75) is 58.0 Å². The van der Waals surface area contributed by atoms with Gasteiger partial charge < -0.3 is 19.6 Å². The lowest BCUT2D eigenvalue weighted by molar-refractivity contribution is 0.101. The maximum atomic E-state index is 10.0. The first-order valence-electron chi connectivity index (χ1n) is 8.45. The highest BCUT2D eigenvalue weighted by Gasteiger charge is 2.37. The van der Waals surface area contributed by atoms with Crippen molar-refractivity contribution in [2.24, 2.45) is 0 Å². The highest BCUT2D eigenvalue weighted by molar-refractivity contribution is 6.74. The first kappa shape index (κ1) is 21.4. The number of aliphatic hydroxyl groups is 1. The molecule has 138 valence electrons. The van der Waals surface area contributed by atoms with Crippen molar-refractivity contribution in [1.82, 2.24) is 5.32 Å². The van der Waals surface area contributed by atoms with Crippen LogP contribution in [0.2, 0.25) is 23.2 Å². The molecule has 1 aromatic carbocycles. The molecule has 0 saturated heterocycles. The summed E-state index contributed by atoms with van der Waals surface area (Å²) in [5.41, 5.74) is 0. The van der Waals surface area contributed by atoms with E-state index in [2.05, 4.69) is 46.1 Å². The lowest BCUT2D eigenvalue weighted by Gasteiger charge is -2.37. The molecular formula is C18H32ClNO3Si. The predicted molar refractivity (Wildman–Crippen MR) is 104 cm³/mol. The monoisotopic (exact) mass is 373 g/mol. The number of hydrogen-bond acceptors (Lipinski definition) is 4. The van der Waals surface area contributed by atoms with Crippen LogP contribution in [0.4, 0.5) is 0 Å². The van der Waals surface area contributed by atoms with E-state index in [0.29, 0.717) is 23.9 Å². The second-order valence-corrected chi connectivity index (χ2v) is 13.0. The molecule has 1 aromatic rings. The quantitative estimate of drug-likeness (QED) is 0.640. The van der Waals surface area contributed by atoms with Crippen LogP contribution in [0, 0.1) is 0 Å². The Balaban J connectivity index is 2.27. The van der Waals surface area contributed by atoms with Gasteiger partial charge in [-0.1, -0.05) is 38.4 Å². The Labute approximate surface area is 152 Å². The van der Waals surface area contributed by atoms with Gasteiger partial charge in [0.25, 0.3) is 0 Å². The number of nitrogens with one attached hydrogen (secondary N) is 1. The second kappa shape index (κ2) is 9.20. The van der Waals surface area contributed by atoms with Gasteiger partial charge in [0.05, 0.1) is 0 Å². The summed E-state index contributed by atoms with van der Waals surface area (Å²) in [6.07, 6.45) is -0.584. The van der Waals surface area contributed by atoms with E-state index in [4.69, 9.17) is 20.8 Å². The van der Waals surface area contributed by atoms with Gasteiger partial charge in [-0.15, -0.1) is 0 Å².